The van der Waals surface area contributed by atoms with E-state index in [1.54, 1.807) is 12.1 Å². The molecule has 4 nitrogen and oxygen atoms in total. The standard InChI is InChI=1S/C19H23FN2O2/c20-18-12-17(24-14-23-13-15-4-2-1-3-5-15)6-7-19(18)22-10-8-16(21)9-11-22/h1-7,12,16H,8-11,13-14,21H2. The highest BCUT2D eigenvalue weighted by Gasteiger charge is 2.19. The Morgan fingerprint density at radius 3 is 2.54 bits per heavy atom. The van der Waals surface area contributed by atoms with Gasteiger partial charge in [0.1, 0.15) is 11.6 Å². The summed E-state index contributed by atoms with van der Waals surface area (Å²) in [6, 6.07) is 15.0. The van der Waals surface area contributed by atoms with Gasteiger partial charge in [0.25, 0.3) is 0 Å². The van der Waals surface area contributed by atoms with Crippen molar-refractivity contribution in [2.75, 3.05) is 24.8 Å². The molecule has 0 saturated carbocycles. The zero-order chi connectivity index (χ0) is 16.8. The van der Waals surface area contributed by atoms with Crippen LogP contribution >= 0.6 is 0 Å². The molecule has 128 valence electrons. The molecule has 2 aromatic carbocycles. The van der Waals surface area contributed by atoms with Crippen LogP contribution in [-0.4, -0.2) is 25.9 Å². The van der Waals surface area contributed by atoms with Gasteiger partial charge in [-0.3, -0.25) is 0 Å². The Bertz CT molecular complexity index is 643. The molecule has 0 aromatic heterocycles. The number of halogens is 1. The van der Waals surface area contributed by atoms with Crippen LogP contribution in [0.3, 0.4) is 0 Å². The van der Waals surface area contributed by atoms with Crippen LogP contribution in [0.5, 0.6) is 5.75 Å². The molecule has 0 unspecified atom stereocenters. The summed E-state index contributed by atoms with van der Waals surface area (Å²) in [6.07, 6.45) is 1.79. The van der Waals surface area contributed by atoms with E-state index in [1.807, 2.05) is 35.2 Å². The molecule has 24 heavy (non-hydrogen) atoms. The summed E-state index contributed by atoms with van der Waals surface area (Å²) < 4.78 is 25.2. The number of benzene rings is 2. The van der Waals surface area contributed by atoms with Crippen molar-refractivity contribution in [2.24, 2.45) is 5.73 Å². The molecular formula is C19H23FN2O2. The molecule has 1 aliphatic rings. The Labute approximate surface area is 142 Å². The maximum Gasteiger partial charge on any atom is 0.189 e. The summed E-state index contributed by atoms with van der Waals surface area (Å²) in [5.74, 6) is 0.198. The van der Waals surface area contributed by atoms with E-state index in [0.29, 0.717) is 18.0 Å². The molecule has 0 spiro atoms. The van der Waals surface area contributed by atoms with Crippen molar-refractivity contribution in [1.82, 2.24) is 0 Å². The van der Waals surface area contributed by atoms with Gasteiger partial charge < -0.3 is 20.1 Å². The van der Waals surface area contributed by atoms with Crippen LogP contribution in [0.25, 0.3) is 0 Å². The van der Waals surface area contributed by atoms with Crippen molar-refractivity contribution >= 4 is 5.69 Å². The molecular weight excluding hydrogens is 307 g/mol. The Hall–Kier alpha value is -2.11. The molecule has 0 amide bonds. The van der Waals surface area contributed by atoms with E-state index in [0.717, 1.165) is 31.5 Å². The van der Waals surface area contributed by atoms with Gasteiger partial charge in [-0.05, 0) is 30.5 Å². The maximum atomic E-state index is 14.3. The lowest BCUT2D eigenvalue weighted by Gasteiger charge is -2.32. The van der Waals surface area contributed by atoms with Crippen LogP contribution in [0.15, 0.2) is 48.5 Å². The lowest BCUT2D eigenvalue weighted by molar-refractivity contribution is 0.00491. The van der Waals surface area contributed by atoms with Gasteiger partial charge in [-0.25, -0.2) is 4.39 Å². The Morgan fingerprint density at radius 1 is 1.08 bits per heavy atom. The predicted molar refractivity (Wildman–Crippen MR) is 92.5 cm³/mol. The molecule has 0 atom stereocenters. The van der Waals surface area contributed by atoms with Gasteiger partial charge in [-0.2, -0.15) is 0 Å². The lowest BCUT2D eigenvalue weighted by atomic mass is 10.1. The minimum atomic E-state index is -0.272. The first kappa shape index (κ1) is 16.7. The van der Waals surface area contributed by atoms with Crippen LogP contribution in [0.1, 0.15) is 18.4 Å². The second-order valence-corrected chi connectivity index (χ2v) is 6.03. The minimum Gasteiger partial charge on any atom is -0.467 e. The number of rotatable bonds is 6. The fraction of sp³-hybridized carbons (Fsp3) is 0.368. The first-order chi connectivity index (χ1) is 11.7. The molecule has 1 saturated heterocycles. The SMILES string of the molecule is NC1CCN(c2ccc(OCOCc3ccccc3)cc2F)CC1. The smallest absolute Gasteiger partial charge is 0.189 e. The fourth-order valence-corrected chi connectivity index (χ4v) is 2.82. The van der Waals surface area contributed by atoms with E-state index in [4.69, 9.17) is 15.2 Å². The summed E-state index contributed by atoms with van der Waals surface area (Å²) in [7, 11) is 0. The highest BCUT2D eigenvalue weighted by molar-refractivity contribution is 5.51. The topological polar surface area (TPSA) is 47.7 Å². The summed E-state index contributed by atoms with van der Waals surface area (Å²) >= 11 is 0. The third-order valence-corrected chi connectivity index (χ3v) is 4.22. The monoisotopic (exact) mass is 330 g/mol. The first-order valence-electron chi connectivity index (χ1n) is 8.27. The zero-order valence-corrected chi connectivity index (χ0v) is 13.7. The zero-order valence-electron chi connectivity index (χ0n) is 13.7. The molecule has 2 aromatic rings. The number of piperidine rings is 1. The maximum absolute atomic E-state index is 14.3. The largest absolute Gasteiger partial charge is 0.467 e. The van der Waals surface area contributed by atoms with Gasteiger partial charge in [0.05, 0.1) is 12.3 Å². The van der Waals surface area contributed by atoms with Gasteiger partial charge in [0.15, 0.2) is 6.79 Å². The molecule has 3 rings (SSSR count). The molecule has 5 heteroatoms. The van der Waals surface area contributed by atoms with Gasteiger partial charge in [0, 0.05) is 25.2 Å². The third-order valence-electron chi connectivity index (χ3n) is 4.22. The van der Waals surface area contributed by atoms with Crippen LogP contribution in [0.2, 0.25) is 0 Å². The number of ether oxygens (including phenoxy) is 2. The van der Waals surface area contributed by atoms with Crippen LogP contribution in [0, 0.1) is 5.82 Å². The van der Waals surface area contributed by atoms with Crippen molar-refractivity contribution in [3.05, 3.63) is 59.9 Å². The lowest BCUT2D eigenvalue weighted by Crippen LogP contribution is -2.40. The number of hydrogen-bond acceptors (Lipinski definition) is 4. The van der Waals surface area contributed by atoms with E-state index in [-0.39, 0.29) is 18.7 Å². The van der Waals surface area contributed by atoms with E-state index in [9.17, 15) is 4.39 Å². The second kappa shape index (κ2) is 8.13. The predicted octanol–water partition coefficient (Wildman–Crippen LogP) is 3.31. The molecule has 1 heterocycles. The highest BCUT2D eigenvalue weighted by Crippen LogP contribution is 2.26. The first-order valence-corrected chi connectivity index (χ1v) is 8.27. The van der Waals surface area contributed by atoms with Gasteiger partial charge >= 0.3 is 0 Å². The molecule has 1 aliphatic heterocycles. The van der Waals surface area contributed by atoms with Crippen molar-refractivity contribution in [2.45, 2.75) is 25.5 Å². The van der Waals surface area contributed by atoms with Gasteiger partial charge in [0.2, 0.25) is 0 Å². The van der Waals surface area contributed by atoms with Crippen molar-refractivity contribution in [3.8, 4) is 5.75 Å². The number of anilines is 1. The Balaban J connectivity index is 1.49. The van der Waals surface area contributed by atoms with Gasteiger partial charge in [-0.1, -0.05) is 30.3 Å². The molecule has 1 fully saturated rings. The Morgan fingerprint density at radius 2 is 1.83 bits per heavy atom. The summed E-state index contributed by atoms with van der Waals surface area (Å²) in [5, 5.41) is 0. The summed E-state index contributed by atoms with van der Waals surface area (Å²) in [4.78, 5) is 2.04. The molecule has 0 radical (unpaired) electrons. The Kier molecular flexibility index (Phi) is 5.67. The quantitative estimate of drug-likeness (QED) is 0.652. The van der Waals surface area contributed by atoms with Crippen LogP contribution < -0.4 is 15.4 Å². The van der Waals surface area contributed by atoms with Crippen molar-refractivity contribution in [1.29, 1.82) is 0 Å². The van der Waals surface area contributed by atoms with Crippen molar-refractivity contribution in [3.63, 3.8) is 0 Å². The van der Waals surface area contributed by atoms with E-state index in [1.165, 1.54) is 6.07 Å². The number of hydrogen-bond donors (Lipinski definition) is 1. The van der Waals surface area contributed by atoms with E-state index >= 15 is 0 Å². The van der Waals surface area contributed by atoms with Crippen LogP contribution in [0.4, 0.5) is 10.1 Å². The third kappa shape index (κ3) is 4.46. The van der Waals surface area contributed by atoms with Gasteiger partial charge in [-0.15, -0.1) is 0 Å². The van der Waals surface area contributed by atoms with Crippen LogP contribution in [-0.2, 0) is 11.3 Å². The number of nitrogens with two attached hydrogens (primary N) is 1. The molecule has 0 aliphatic carbocycles. The molecule has 2 N–H and O–H groups in total. The highest BCUT2D eigenvalue weighted by atomic mass is 19.1. The summed E-state index contributed by atoms with van der Waals surface area (Å²) in [6.45, 7) is 2.14. The van der Waals surface area contributed by atoms with Crippen molar-refractivity contribution < 1.29 is 13.9 Å². The minimum absolute atomic E-state index is 0.0895. The normalized spacial score (nSPS) is 15.5. The average molecular weight is 330 g/mol. The fourth-order valence-electron chi connectivity index (χ4n) is 2.82. The average Bonchev–Trinajstić information content (AvgIpc) is 2.61. The summed E-state index contributed by atoms with van der Waals surface area (Å²) in [5.41, 5.74) is 7.58. The van der Waals surface area contributed by atoms with E-state index in [2.05, 4.69) is 0 Å². The number of nitrogens with zero attached hydrogens (tertiary/aromatic N) is 1. The van der Waals surface area contributed by atoms with E-state index < -0.39 is 0 Å². The second-order valence-electron chi connectivity index (χ2n) is 6.03. The molecule has 0 bridgehead atoms.